The molecule has 0 bridgehead atoms. The van der Waals surface area contributed by atoms with Gasteiger partial charge in [0.05, 0.1) is 24.1 Å². The second-order valence-corrected chi connectivity index (χ2v) is 6.98. The Morgan fingerprint density at radius 3 is 2.35 bits per heavy atom. The maximum Gasteiger partial charge on any atom is 0.338 e. The molecule has 0 aliphatic rings. The molecule has 0 spiro atoms. The number of methoxy groups -OCH3 is 1. The molecule has 0 unspecified atom stereocenters. The largest absolute Gasteiger partial charge is 0.490 e. The van der Waals surface area contributed by atoms with E-state index in [-0.39, 0.29) is 19.2 Å². The number of aryl methyl sites for hydroxylation is 1. The standard InChI is InChI=1S/C24H26N2O5/c1-17-22(13-14-23(27)29-3)18(2)26(25-17)20-11-9-19(10-12-20)24(28)31-16-15-30-21-7-5-4-6-8-21/h4-12H,13-16H2,1-3H3. The summed E-state index contributed by atoms with van der Waals surface area (Å²) < 4.78 is 17.3. The molecule has 1 aromatic heterocycles. The van der Waals surface area contributed by atoms with Gasteiger partial charge in [0.2, 0.25) is 0 Å². The van der Waals surface area contributed by atoms with E-state index in [0.29, 0.717) is 18.4 Å². The first-order valence-corrected chi connectivity index (χ1v) is 10.1. The number of ether oxygens (including phenoxy) is 3. The average molecular weight is 422 g/mol. The lowest BCUT2D eigenvalue weighted by Crippen LogP contribution is -2.12. The summed E-state index contributed by atoms with van der Waals surface area (Å²) in [6.45, 7) is 4.32. The summed E-state index contributed by atoms with van der Waals surface area (Å²) in [4.78, 5) is 23.7. The van der Waals surface area contributed by atoms with Crippen LogP contribution in [0.4, 0.5) is 0 Å². The molecule has 0 fully saturated rings. The molecule has 3 rings (SSSR count). The van der Waals surface area contributed by atoms with E-state index in [1.807, 2.05) is 61.0 Å². The highest BCUT2D eigenvalue weighted by Gasteiger charge is 2.15. The van der Waals surface area contributed by atoms with Gasteiger partial charge < -0.3 is 14.2 Å². The van der Waals surface area contributed by atoms with E-state index in [0.717, 1.165) is 28.4 Å². The van der Waals surface area contributed by atoms with Gasteiger partial charge >= 0.3 is 11.9 Å². The molecule has 7 heteroatoms. The van der Waals surface area contributed by atoms with Crippen molar-refractivity contribution in [1.29, 1.82) is 0 Å². The average Bonchev–Trinajstić information content (AvgIpc) is 3.08. The van der Waals surface area contributed by atoms with Gasteiger partial charge in [-0.3, -0.25) is 4.79 Å². The SMILES string of the molecule is COC(=O)CCc1c(C)nn(-c2ccc(C(=O)OCCOc3ccccc3)cc2)c1C. The van der Waals surface area contributed by atoms with Crippen molar-refractivity contribution in [2.75, 3.05) is 20.3 Å². The highest BCUT2D eigenvalue weighted by atomic mass is 16.6. The first-order chi connectivity index (χ1) is 15.0. The maximum atomic E-state index is 12.3. The van der Waals surface area contributed by atoms with Gasteiger partial charge in [0.25, 0.3) is 0 Å². The van der Waals surface area contributed by atoms with E-state index in [1.54, 1.807) is 12.1 Å². The molecule has 31 heavy (non-hydrogen) atoms. The Labute approximate surface area is 181 Å². The van der Waals surface area contributed by atoms with Gasteiger partial charge in [0, 0.05) is 12.1 Å². The molecule has 0 N–H and O–H groups in total. The summed E-state index contributed by atoms with van der Waals surface area (Å²) in [6.07, 6.45) is 0.877. The van der Waals surface area contributed by atoms with Crippen LogP contribution in [0.15, 0.2) is 54.6 Å². The first kappa shape index (κ1) is 22.1. The molecule has 1 heterocycles. The molecule has 0 radical (unpaired) electrons. The summed E-state index contributed by atoms with van der Waals surface area (Å²) in [6, 6.07) is 16.4. The van der Waals surface area contributed by atoms with Crippen molar-refractivity contribution in [3.8, 4) is 11.4 Å². The lowest BCUT2D eigenvalue weighted by Gasteiger charge is -2.09. The number of para-hydroxylation sites is 1. The smallest absolute Gasteiger partial charge is 0.338 e. The zero-order valence-corrected chi connectivity index (χ0v) is 18.0. The van der Waals surface area contributed by atoms with Crippen LogP contribution in [0.25, 0.3) is 5.69 Å². The van der Waals surface area contributed by atoms with Gasteiger partial charge in [0.15, 0.2) is 0 Å². The van der Waals surface area contributed by atoms with Crippen LogP contribution in [-0.4, -0.2) is 42.0 Å². The maximum absolute atomic E-state index is 12.3. The van der Waals surface area contributed by atoms with Gasteiger partial charge in [-0.05, 0) is 62.2 Å². The number of carbonyl (C=O) groups is 2. The van der Waals surface area contributed by atoms with E-state index in [9.17, 15) is 9.59 Å². The summed E-state index contributed by atoms with van der Waals surface area (Å²) in [5.74, 6) is 0.0812. The van der Waals surface area contributed by atoms with Gasteiger partial charge in [-0.25, -0.2) is 9.48 Å². The Balaban J connectivity index is 1.58. The predicted octanol–water partition coefficient (Wildman–Crippen LogP) is 3.83. The van der Waals surface area contributed by atoms with Crippen LogP contribution in [0.5, 0.6) is 5.75 Å². The highest BCUT2D eigenvalue weighted by molar-refractivity contribution is 5.89. The minimum absolute atomic E-state index is 0.163. The van der Waals surface area contributed by atoms with Crippen molar-refractivity contribution in [2.24, 2.45) is 0 Å². The number of rotatable bonds is 9. The number of aromatic nitrogens is 2. The molecule has 0 saturated heterocycles. The third kappa shape index (κ3) is 5.72. The Kier molecular flexibility index (Phi) is 7.43. The zero-order valence-electron chi connectivity index (χ0n) is 18.0. The lowest BCUT2D eigenvalue weighted by atomic mass is 10.1. The van der Waals surface area contributed by atoms with Crippen molar-refractivity contribution in [1.82, 2.24) is 9.78 Å². The van der Waals surface area contributed by atoms with Crippen LogP contribution in [-0.2, 0) is 20.7 Å². The van der Waals surface area contributed by atoms with Crippen LogP contribution in [0, 0.1) is 13.8 Å². The van der Waals surface area contributed by atoms with Crippen molar-refractivity contribution >= 4 is 11.9 Å². The summed E-state index contributed by atoms with van der Waals surface area (Å²) in [7, 11) is 1.38. The van der Waals surface area contributed by atoms with Crippen molar-refractivity contribution in [3.05, 3.63) is 77.1 Å². The van der Waals surface area contributed by atoms with Gasteiger partial charge in [-0.15, -0.1) is 0 Å². The molecule has 0 atom stereocenters. The molecule has 0 saturated carbocycles. The van der Waals surface area contributed by atoms with Crippen molar-refractivity contribution < 1.29 is 23.8 Å². The third-order valence-electron chi connectivity index (χ3n) is 4.92. The molecule has 0 aliphatic carbocycles. The number of carbonyl (C=O) groups excluding carboxylic acids is 2. The third-order valence-corrected chi connectivity index (χ3v) is 4.92. The second kappa shape index (κ2) is 10.4. The first-order valence-electron chi connectivity index (χ1n) is 10.1. The number of nitrogens with zero attached hydrogens (tertiary/aromatic N) is 2. The van der Waals surface area contributed by atoms with Crippen molar-refractivity contribution in [3.63, 3.8) is 0 Å². The zero-order chi connectivity index (χ0) is 22.2. The topological polar surface area (TPSA) is 79.7 Å². The molecular formula is C24H26N2O5. The summed E-state index contributed by atoms with van der Waals surface area (Å²) in [5, 5.41) is 4.58. The molecule has 3 aromatic rings. The monoisotopic (exact) mass is 422 g/mol. The van der Waals surface area contributed by atoms with E-state index in [1.165, 1.54) is 7.11 Å². The second-order valence-electron chi connectivity index (χ2n) is 6.98. The van der Waals surface area contributed by atoms with Gasteiger partial charge in [0.1, 0.15) is 19.0 Å². The molecule has 162 valence electrons. The van der Waals surface area contributed by atoms with E-state index in [4.69, 9.17) is 14.2 Å². The Bertz CT molecular complexity index is 1030. The minimum atomic E-state index is -0.407. The molecule has 7 nitrogen and oxygen atoms in total. The Morgan fingerprint density at radius 2 is 1.68 bits per heavy atom. The normalized spacial score (nSPS) is 10.5. The van der Waals surface area contributed by atoms with Crippen LogP contribution in [0.2, 0.25) is 0 Å². The van der Waals surface area contributed by atoms with E-state index >= 15 is 0 Å². The lowest BCUT2D eigenvalue weighted by molar-refractivity contribution is -0.140. The molecule has 2 aromatic carbocycles. The number of hydrogen-bond acceptors (Lipinski definition) is 6. The predicted molar refractivity (Wildman–Crippen MR) is 116 cm³/mol. The fourth-order valence-corrected chi connectivity index (χ4v) is 3.25. The summed E-state index contributed by atoms with van der Waals surface area (Å²) in [5.41, 5.74) is 4.12. The quantitative estimate of drug-likeness (QED) is 0.385. The van der Waals surface area contributed by atoms with Gasteiger partial charge in [-0.2, -0.15) is 5.10 Å². The Morgan fingerprint density at radius 1 is 0.968 bits per heavy atom. The summed E-state index contributed by atoms with van der Waals surface area (Å²) >= 11 is 0. The number of benzene rings is 2. The number of esters is 2. The van der Waals surface area contributed by atoms with Crippen LogP contribution in [0.3, 0.4) is 0 Å². The fourth-order valence-electron chi connectivity index (χ4n) is 3.25. The van der Waals surface area contributed by atoms with Crippen LogP contribution < -0.4 is 4.74 Å². The Hall–Kier alpha value is -3.61. The fraction of sp³-hybridized carbons (Fsp3) is 0.292. The number of hydrogen-bond donors (Lipinski definition) is 0. The van der Waals surface area contributed by atoms with E-state index in [2.05, 4.69) is 5.10 Å². The molecular weight excluding hydrogens is 396 g/mol. The molecule has 0 aliphatic heterocycles. The highest BCUT2D eigenvalue weighted by Crippen LogP contribution is 2.20. The van der Waals surface area contributed by atoms with Crippen LogP contribution >= 0.6 is 0 Å². The van der Waals surface area contributed by atoms with Crippen LogP contribution in [0.1, 0.15) is 33.7 Å². The van der Waals surface area contributed by atoms with Gasteiger partial charge in [-0.1, -0.05) is 18.2 Å². The minimum Gasteiger partial charge on any atom is -0.490 e. The van der Waals surface area contributed by atoms with Crippen molar-refractivity contribution in [2.45, 2.75) is 26.7 Å². The van der Waals surface area contributed by atoms with E-state index < -0.39 is 5.97 Å². The molecule has 0 amide bonds.